The molecule has 0 amide bonds. The van der Waals surface area contributed by atoms with E-state index < -0.39 is 10.0 Å². The van der Waals surface area contributed by atoms with Crippen molar-refractivity contribution in [2.75, 3.05) is 26.3 Å². The summed E-state index contributed by atoms with van der Waals surface area (Å²) < 4.78 is 31.4. The van der Waals surface area contributed by atoms with E-state index in [1.54, 1.807) is 13.0 Å². The minimum Gasteiger partial charge on any atom is -0.379 e. The zero-order valence-electron chi connectivity index (χ0n) is 9.82. The lowest BCUT2D eigenvalue weighted by Crippen LogP contribution is -2.40. The molecule has 0 atom stereocenters. The first-order valence-corrected chi connectivity index (χ1v) is 7.66. The Kier molecular flexibility index (Phi) is 4.18. The van der Waals surface area contributed by atoms with Crippen molar-refractivity contribution in [2.24, 2.45) is 0 Å². The van der Waals surface area contributed by atoms with Crippen LogP contribution in [-0.4, -0.2) is 39.0 Å². The van der Waals surface area contributed by atoms with Gasteiger partial charge in [-0.2, -0.15) is 4.31 Å². The Morgan fingerprint density at radius 2 is 1.72 bits per heavy atom. The summed E-state index contributed by atoms with van der Waals surface area (Å²) in [7, 11) is -3.52. The van der Waals surface area contributed by atoms with Crippen LogP contribution >= 0.6 is 23.2 Å². The molecule has 0 N–H and O–H groups in total. The van der Waals surface area contributed by atoms with Crippen LogP contribution in [0.3, 0.4) is 0 Å². The van der Waals surface area contributed by atoms with E-state index in [2.05, 4.69) is 0 Å². The van der Waals surface area contributed by atoms with Gasteiger partial charge in [0.05, 0.1) is 28.2 Å². The molecule has 4 nitrogen and oxygen atoms in total. The molecule has 0 radical (unpaired) electrons. The number of aryl methyl sites for hydroxylation is 1. The Hall–Kier alpha value is -0.330. The van der Waals surface area contributed by atoms with Crippen LogP contribution in [0.4, 0.5) is 0 Å². The summed E-state index contributed by atoms with van der Waals surface area (Å²) in [6.07, 6.45) is 0. The van der Waals surface area contributed by atoms with Crippen LogP contribution in [0.25, 0.3) is 0 Å². The van der Waals surface area contributed by atoms with Crippen molar-refractivity contribution in [1.82, 2.24) is 4.31 Å². The Morgan fingerprint density at radius 3 is 2.33 bits per heavy atom. The number of benzene rings is 1. The van der Waals surface area contributed by atoms with Crippen LogP contribution in [0.1, 0.15) is 5.56 Å². The van der Waals surface area contributed by atoms with E-state index in [0.29, 0.717) is 36.9 Å². The average molecular weight is 310 g/mol. The molecule has 1 aliphatic heterocycles. The molecule has 1 aromatic rings. The molecule has 0 aromatic heterocycles. The zero-order chi connectivity index (χ0) is 13.3. The van der Waals surface area contributed by atoms with Gasteiger partial charge < -0.3 is 4.74 Å². The Labute approximate surface area is 116 Å². The Morgan fingerprint density at radius 1 is 1.17 bits per heavy atom. The van der Waals surface area contributed by atoms with Gasteiger partial charge in [0.25, 0.3) is 0 Å². The highest BCUT2D eigenvalue weighted by atomic mass is 35.5. The van der Waals surface area contributed by atoms with Gasteiger partial charge in [-0.25, -0.2) is 8.42 Å². The van der Waals surface area contributed by atoms with Gasteiger partial charge in [0.1, 0.15) is 0 Å². The van der Waals surface area contributed by atoms with E-state index in [-0.39, 0.29) is 9.92 Å². The first-order valence-electron chi connectivity index (χ1n) is 5.46. The highest BCUT2D eigenvalue weighted by molar-refractivity contribution is 7.89. The lowest BCUT2D eigenvalue weighted by molar-refractivity contribution is 0.0730. The number of sulfonamides is 1. The van der Waals surface area contributed by atoms with Crippen molar-refractivity contribution in [3.63, 3.8) is 0 Å². The third-order valence-electron chi connectivity index (χ3n) is 2.81. The van der Waals surface area contributed by atoms with Gasteiger partial charge in [0.15, 0.2) is 0 Å². The first kappa shape index (κ1) is 14.1. The van der Waals surface area contributed by atoms with Crippen molar-refractivity contribution in [1.29, 1.82) is 0 Å². The number of rotatable bonds is 2. The van der Waals surface area contributed by atoms with Gasteiger partial charge in [-0.3, -0.25) is 0 Å². The third-order valence-corrected chi connectivity index (χ3v) is 5.57. The minimum atomic E-state index is -3.52. The first-order chi connectivity index (χ1) is 8.43. The normalized spacial score (nSPS) is 17.9. The molecular formula is C11H13Cl2NO3S. The van der Waals surface area contributed by atoms with Gasteiger partial charge in [-0.15, -0.1) is 0 Å². The highest BCUT2D eigenvalue weighted by Gasteiger charge is 2.28. The van der Waals surface area contributed by atoms with Crippen LogP contribution < -0.4 is 0 Å². The summed E-state index contributed by atoms with van der Waals surface area (Å²) >= 11 is 11.8. The van der Waals surface area contributed by atoms with Crippen LogP contribution in [0.15, 0.2) is 17.0 Å². The van der Waals surface area contributed by atoms with Crippen molar-refractivity contribution >= 4 is 33.2 Å². The largest absolute Gasteiger partial charge is 0.379 e. The zero-order valence-corrected chi connectivity index (χ0v) is 12.1. The molecule has 1 aliphatic rings. The topological polar surface area (TPSA) is 46.6 Å². The van der Waals surface area contributed by atoms with Gasteiger partial charge in [0.2, 0.25) is 10.0 Å². The molecule has 0 bridgehead atoms. The van der Waals surface area contributed by atoms with Crippen LogP contribution in [-0.2, 0) is 14.8 Å². The highest BCUT2D eigenvalue weighted by Crippen LogP contribution is 2.30. The molecule has 7 heteroatoms. The third kappa shape index (κ3) is 2.65. The van der Waals surface area contributed by atoms with Gasteiger partial charge in [0, 0.05) is 13.1 Å². The second-order valence-electron chi connectivity index (χ2n) is 4.05. The second kappa shape index (κ2) is 5.35. The number of halogens is 2. The van der Waals surface area contributed by atoms with Crippen molar-refractivity contribution in [2.45, 2.75) is 11.8 Å². The second-order valence-corrected chi connectivity index (χ2v) is 6.77. The molecular weight excluding hydrogens is 297 g/mol. The van der Waals surface area contributed by atoms with Crippen LogP contribution in [0.2, 0.25) is 10.0 Å². The number of ether oxygens (including phenoxy) is 1. The van der Waals surface area contributed by atoms with Gasteiger partial charge in [-0.05, 0) is 24.6 Å². The quantitative estimate of drug-likeness (QED) is 0.842. The number of morpholine rings is 1. The SMILES string of the molecule is Cc1cc(Cl)c(Cl)cc1S(=O)(=O)N1CCOCC1. The predicted octanol–water partition coefficient (Wildman–Crippen LogP) is 2.32. The number of nitrogens with zero attached hydrogens (tertiary/aromatic N) is 1. The number of hydrogen-bond donors (Lipinski definition) is 0. The summed E-state index contributed by atoms with van der Waals surface area (Å²) in [5.41, 5.74) is 0.593. The molecule has 1 aromatic carbocycles. The fourth-order valence-corrected chi connectivity index (χ4v) is 3.92. The van der Waals surface area contributed by atoms with E-state index in [1.807, 2.05) is 0 Å². The summed E-state index contributed by atoms with van der Waals surface area (Å²) in [6, 6.07) is 2.97. The maximum Gasteiger partial charge on any atom is 0.243 e. The molecule has 18 heavy (non-hydrogen) atoms. The lowest BCUT2D eigenvalue weighted by atomic mass is 10.2. The van der Waals surface area contributed by atoms with E-state index in [4.69, 9.17) is 27.9 Å². The smallest absolute Gasteiger partial charge is 0.243 e. The van der Waals surface area contributed by atoms with Crippen molar-refractivity contribution in [3.05, 3.63) is 27.7 Å². The van der Waals surface area contributed by atoms with E-state index in [9.17, 15) is 8.42 Å². The maximum atomic E-state index is 12.4. The fourth-order valence-electron chi connectivity index (χ4n) is 1.83. The molecule has 0 aliphatic carbocycles. The Balaban J connectivity index is 2.43. The maximum absolute atomic E-state index is 12.4. The minimum absolute atomic E-state index is 0.207. The summed E-state index contributed by atoms with van der Waals surface area (Å²) in [5, 5.41) is 0.601. The molecule has 100 valence electrons. The summed E-state index contributed by atoms with van der Waals surface area (Å²) in [4.78, 5) is 0.207. The van der Waals surface area contributed by atoms with Crippen molar-refractivity contribution < 1.29 is 13.2 Å². The predicted molar refractivity (Wildman–Crippen MR) is 70.8 cm³/mol. The van der Waals surface area contributed by atoms with E-state index >= 15 is 0 Å². The van der Waals surface area contributed by atoms with E-state index in [0.717, 1.165) is 0 Å². The van der Waals surface area contributed by atoms with Crippen LogP contribution in [0, 0.1) is 6.92 Å². The van der Waals surface area contributed by atoms with Gasteiger partial charge in [-0.1, -0.05) is 23.2 Å². The van der Waals surface area contributed by atoms with Crippen molar-refractivity contribution in [3.8, 4) is 0 Å². The molecule has 0 unspecified atom stereocenters. The molecule has 1 heterocycles. The van der Waals surface area contributed by atoms with Crippen LogP contribution in [0.5, 0.6) is 0 Å². The standard InChI is InChI=1S/C11H13Cl2NO3S/c1-8-6-9(12)10(13)7-11(8)18(15,16)14-2-4-17-5-3-14/h6-7H,2-5H2,1H3. The molecule has 2 rings (SSSR count). The van der Waals surface area contributed by atoms with Gasteiger partial charge >= 0.3 is 0 Å². The fraction of sp³-hybridized carbons (Fsp3) is 0.455. The summed E-state index contributed by atoms with van der Waals surface area (Å²) in [6.45, 7) is 3.26. The molecule has 1 saturated heterocycles. The monoisotopic (exact) mass is 309 g/mol. The Bertz CT molecular complexity index is 554. The molecule has 0 spiro atoms. The number of hydrogen-bond acceptors (Lipinski definition) is 3. The summed E-state index contributed by atoms with van der Waals surface area (Å²) in [5.74, 6) is 0. The van der Waals surface area contributed by atoms with E-state index in [1.165, 1.54) is 10.4 Å². The molecule has 1 fully saturated rings. The molecule has 0 saturated carbocycles. The lowest BCUT2D eigenvalue weighted by Gasteiger charge is -2.26. The average Bonchev–Trinajstić information content (AvgIpc) is 2.34.